The highest BCUT2D eigenvalue weighted by Gasteiger charge is 2.15. The molecule has 2 N–H and O–H groups in total. The van der Waals surface area contributed by atoms with E-state index in [0.29, 0.717) is 27.7 Å². The van der Waals surface area contributed by atoms with E-state index in [1.807, 2.05) is 0 Å². The van der Waals surface area contributed by atoms with Gasteiger partial charge in [0.1, 0.15) is 5.75 Å². The van der Waals surface area contributed by atoms with Crippen LogP contribution in [-0.2, 0) is 0 Å². The minimum atomic E-state index is -0.462. The largest absolute Gasteiger partial charge is 0.496 e. The fourth-order valence-corrected chi connectivity index (χ4v) is 3.74. The highest BCUT2D eigenvalue weighted by atomic mass is 79.9. The molecule has 29 heavy (non-hydrogen) atoms. The van der Waals surface area contributed by atoms with Crippen molar-refractivity contribution >= 4 is 61.3 Å². The van der Waals surface area contributed by atoms with Crippen LogP contribution in [0.2, 0.25) is 0 Å². The Kier molecular flexibility index (Phi) is 6.52. The van der Waals surface area contributed by atoms with Gasteiger partial charge >= 0.3 is 0 Å². The molecule has 0 spiro atoms. The average molecular weight is 493 g/mol. The maximum absolute atomic E-state index is 12.5. The van der Waals surface area contributed by atoms with Crippen molar-refractivity contribution in [3.63, 3.8) is 0 Å². The number of nitrogens with one attached hydrogen (secondary N) is 2. The molecule has 0 saturated carbocycles. The molecule has 0 bridgehead atoms. The number of carbonyl (C=O) groups is 1. The zero-order chi connectivity index (χ0) is 21.0. The Morgan fingerprint density at radius 1 is 1.31 bits per heavy atom. The number of carbonyl (C=O) groups excluding carboxylic acids is 1. The summed E-state index contributed by atoms with van der Waals surface area (Å²) in [7, 11) is 1.47. The lowest BCUT2D eigenvalue weighted by atomic mass is 10.1. The second-order valence-electron chi connectivity index (χ2n) is 5.60. The van der Waals surface area contributed by atoms with Gasteiger partial charge in [-0.3, -0.25) is 20.2 Å². The van der Waals surface area contributed by atoms with Crippen molar-refractivity contribution in [1.82, 2.24) is 10.3 Å². The number of thiazole rings is 1. The number of nitrogens with zero attached hydrogens (tertiary/aromatic N) is 2. The summed E-state index contributed by atoms with van der Waals surface area (Å²) in [5.74, 6) is -0.0215. The molecule has 148 valence electrons. The van der Waals surface area contributed by atoms with Gasteiger partial charge in [-0.25, -0.2) is 4.98 Å². The molecule has 2 aromatic carbocycles. The Hall–Kier alpha value is -2.89. The number of thiocarbonyl (C=S) groups is 1. The van der Waals surface area contributed by atoms with Crippen molar-refractivity contribution in [3.05, 3.63) is 68.0 Å². The normalized spacial score (nSPS) is 10.3. The highest BCUT2D eigenvalue weighted by molar-refractivity contribution is 9.10. The number of hydrogen-bond acceptors (Lipinski definition) is 7. The monoisotopic (exact) mass is 492 g/mol. The number of aromatic nitrogens is 1. The summed E-state index contributed by atoms with van der Waals surface area (Å²) in [6, 6.07) is 11.2. The summed E-state index contributed by atoms with van der Waals surface area (Å²) in [4.78, 5) is 27.3. The van der Waals surface area contributed by atoms with Gasteiger partial charge in [0, 0.05) is 27.5 Å². The summed E-state index contributed by atoms with van der Waals surface area (Å²) < 4.78 is 5.92. The van der Waals surface area contributed by atoms with Gasteiger partial charge in [-0.05, 0) is 30.4 Å². The SMILES string of the molecule is COc1ccc(Br)cc1C(=O)NC(=S)Nc1nc(-c2cccc([N+](=O)[O-])c2)cs1. The number of non-ortho nitro benzene ring substituents is 1. The number of amides is 1. The van der Waals surface area contributed by atoms with Crippen molar-refractivity contribution in [2.24, 2.45) is 0 Å². The van der Waals surface area contributed by atoms with E-state index in [1.165, 1.54) is 30.6 Å². The number of anilines is 1. The van der Waals surface area contributed by atoms with Gasteiger partial charge in [-0.1, -0.05) is 28.1 Å². The summed E-state index contributed by atoms with van der Waals surface area (Å²) >= 11 is 9.76. The van der Waals surface area contributed by atoms with E-state index in [-0.39, 0.29) is 10.8 Å². The molecule has 1 aromatic heterocycles. The third-order valence-corrected chi connectivity index (χ3v) is 5.17. The first-order chi connectivity index (χ1) is 13.9. The van der Waals surface area contributed by atoms with Gasteiger partial charge in [-0.2, -0.15) is 0 Å². The highest BCUT2D eigenvalue weighted by Crippen LogP contribution is 2.27. The third kappa shape index (κ3) is 5.13. The number of rotatable bonds is 5. The van der Waals surface area contributed by atoms with Crippen LogP contribution in [0.5, 0.6) is 5.75 Å². The van der Waals surface area contributed by atoms with Crippen LogP contribution in [0.25, 0.3) is 11.3 Å². The Bertz CT molecular complexity index is 1100. The van der Waals surface area contributed by atoms with Gasteiger partial charge in [0.25, 0.3) is 11.6 Å². The van der Waals surface area contributed by atoms with E-state index in [4.69, 9.17) is 17.0 Å². The number of nitro benzene ring substituents is 1. The smallest absolute Gasteiger partial charge is 0.270 e. The minimum absolute atomic E-state index is 0.0178. The molecule has 0 unspecified atom stereocenters. The quantitative estimate of drug-likeness (QED) is 0.304. The first kappa shape index (κ1) is 20.8. The van der Waals surface area contributed by atoms with Crippen LogP contribution in [0, 0.1) is 10.1 Å². The maximum Gasteiger partial charge on any atom is 0.270 e. The summed E-state index contributed by atoms with van der Waals surface area (Å²) in [6.45, 7) is 0. The molecule has 0 saturated heterocycles. The van der Waals surface area contributed by atoms with Crippen molar-refractivity contribution < 1.29 is 14.5 Å². The van der Waals surface area contributed by atoms with E-state index in [9.17, 15) is 14.9 Å². The van der Waals surface area contributed by atoms with E-state index in [1.54, 1.807) is 35.7 Å². The van der Waals surface area contributed by atoms with Crippen LogP contribution in [0.1, 0.15) is 10.4 Å². The Labute approximate surface area is 183 Å². The molecule has 3 aromatic rings. The third-order valence-electron chi connectivity index (χ3n) is 3.71. The second kappa shape index (κ2) is 9.07. The van der Waals surface area contributed by atoms with Gasteiger partial charge < -0.3 is 10.1 Å². The van der Waals surface area contributed by atoms with Crippen molar-refractivity contribution in [2.75, 3.05) is 12.4 Å². The first-order valence-corrected chi connectivity index (χ1v) is 10.1. The van der Waals surface area contributed by atoms with Gasteiger partial charge in [0.15, 0.2) is 10.2 Å². The predicted octanol–water partition coefficient (Wildman–Crippen LogP) is 4.62. The standard InChI is InChI=1S/C18H13BrN4O4S2/c1-27-15-6-5-11(19)8-13(15)16(24)21-17(28)22-18-20-14(9-29-18)10-3-2-4-12(7-10)23(25)26/h2-9H,1H3,(H2,20,21,22,24,28). The van der Waals surface area contributed by atoms with Gasteiger partial charge in [0.2, 0.25) is 0 Å². The number of ether oxygens (including phenoxy) is 1. The zero-order valence-corrected chi connectivity index (χ0v) is 18.1. The van der Waals surface area contributed by atoms with E-state index in [0.717, 1.165) is 4.47 Å². The van der Waals surface area contributed by atoms with Crippen molar-refractivity contribution in [2.45, 2.75) is 0 Å². The fraction of sp³-hybridized carbons (Fsp3) is 0.0556. The number of halogens is 1. The fourth-order valence-electron chi connectivity index (χ4n) is 2.40. The molecule has 0 fully saturated rings. The first-order valence-electron chi connectivity index (χ1n) is 8.03. The molecular weight excluding hydrogens is 480 g/mol. The van der Waals surface area contributed by atoms with Crippen LogP contribution >= 0.6 is 39.5 Å². The van der Waals surface area contributed by atoms with Crippen LogP contribution in [0.15, 0.2) is 52.3 Å². The number of benzene rings is 2. The van der Waals surface area contributed by atoms with Crippen LogP contribution in [0.3, 0.4) is 0 Å². The van der Waals surface area contributed by atoms with Crippen LogP contribution < -0.4 is 15.4 Å². The van der Waals surface area contributed by atoms with Crippen molar-refractivity contribution in [3.8, 4) is 17.0 Å². The predicted molar refractivity (Wildman–Crippen MR) is 119 cm³/mol. The number of hydrogen-bond donors (Lipinski definition) is 2. The van der Waals surface area contributed by atoms with Gasteiger partial charge in [0.05, 0.1) is 23.3 Å². The minimum Gasteiger partial charge on any atom is -0.496 e. The molecule has 0 atom stereocenters. The Morgan fingerprint density at radius 3 is 2.83 bits per heavy atom. The van der Waals surface area contributed by atoms with Gasteiger partial charge in [-0.15, -0.1) is 11.3 Å². The molecular formula is C18H13BrN4O4S2. The number of methoxy groups -OCH3 is 1. The Balaban J connectivity index is 1.69. The topological polar surface area (TPSA) is 106 Å². The van der Waals surface area contributed by atoms with Crippen molar-refractivity contribution in [1.29, 1.82) is 0 Å². The van der Waals surface area contributed by atoms with Crippen LogP contribution in [0.4, 0.5) is 10.8 Å². The number of nitro groups is 1. The van der Waals surface area contributed by atoms with E-state index < -0.39 is 10.8 Å². The molecule has 0 radical (unpaired) electrons. The Morgan fingerprint density at radius 2 is 2.10 bits per heavy atom. The lowest BCUT2D eigenvalue weighted by molar-refractivity contribution is -0.384. The maximum atomic E-state index is 12.5. The summed E-state index contributed by atoms with van der Waals surface area (Å²) in [6.07, 6.45) is 0. The zero-order valence-electron chi connectivity index (χ0n) is 14.8. The van der Waals surface area contributed by atoms with Crippen LogP contribution in [-0.4, -0.2) is 28.0 Å². The average Bonchev–Trinajstić information content (AvgIpc) is 3.16. The van der Waals surface area contributed by atoms with E-state index in [2.05, 4.69) is 31.5 Å². The van der Waals surface area contributed by atoms with E-state index >= 15 is 0 Å². The molecule has 0 aliphatic heterocycles. The lowest BCUT2D eigenvalue weighted by Gasteiger charge is -2.10. The molecule has 1 heterocycles. The summed E-state index contributed by atoms with van der Waals surface area (Å²) in [5, 5.41) is 18.6. The molecule has 1 amide bonds. The molecule has 8 nitrogen and oxygen atoms in total. The molecule has 11 heteroatoms. The molecule has 0 aliphatic carbocycles. The lowest BCUT2D eigenvalue weighted by Crippen LogP contribution is -2.34. The summed E-state index contributed by atoms with van der Waals surface area (Å²) in [5.41, 5.74) is 1.47. The molecule has 0 aliphatic rings. The second-order valence-corrected chi connectivity index (χ2v) is 7.78. The molecule has 3 rings (SSSR count).